The Morgan fingerprint density at radius 1 is 1.12 bits per heavy atom. The molecule has 0 saturated heterocycles. The first kappa shape index (κ1) is 15.9. The summed E-state index contributed by atoms with van der Waals surface area (Å²) in [5, 5.41) is 14.7. The molecule has 0 bridgehead atoms. The SMILES string of the molecule is Cc1ccc(NC(=O)/C=C/c2cc3c(cn2)[nH]c2ccccc23)c(O)c1. The molecule has 0 fully saturated rings. The topological polar surface area (TPSA) is 78.0 Å². The van der Waals surface area contributed by atoms with E-state index in [4.69, 9.17) is 0 Å². The summed E-state index contributed by atoms with van der Waals surface area (Å²) in [7, 11) is 0. The number of nitrogens with zero attached hydrogens (tertiary/aromatic N) is 1. The number of hydrogen-bond donors (Lipinski definition) is 3. The Bertz CT molecular complexity index is 1160. The number of fused-ring (bicyclic) bond motifs is 3. The van der Waals surface area contributed by atoms with Gasteiger partial charge in [-0.1, -0.05) is 24.3 Å². The monoisotopic (exact) mass is 343 g/mol. The summed E-state index contributed by atoms with van der Waals surface area (Å²) in [5.74, 6) is -0.282. The molecule has 0 atom stereocenters. The first-order valence-corrected chi connectivity index (χ1v) is 8.25. The van der Waals surface area contributed by atoms with E-state index in [2.05, 4.69) is 21.4 Å². The van der Waals surface area contributed by atoms with Crippen LogP contribution in [-0.2, 0) is 4.79 Å². The summed E-state index contributed by atoms with van der Waals surface area (Å²) >= 11 is 0. The van der Waals surface area contributed by atoms with Crippen molar-refractivity contribution in [1.82, 2.24) is 9.97 Å². The second kappa shape index (κ2) is 6.37. The fourth-order valence-corrected chi connectivity index (χ4v) is 2.94. The average molecular weight is 343 g/mol. The van der Waals surface area contributed by atoms with Crippen LogP contribution in [0.1, 0.15) is 11.3 Å². The number of pyridine rings is 1. The number of aromatic amines is 1. The third-order valence-electron chi connectivity index (χ3n) is 4.23. The van der Waals surface area contributed by atoms with Crippen molar-refractivity contribution >= 4 is 39.5 Å². The van der Waals surface area contributed by atoms with Crippen molar-refractivity contribution in [2.75, 3.05) is 5.32 Å². The Morgan fingerprint density at radius 3 is 2.81 bits per heavy atom. The third-order valence-corrected chi connectivity index (χ3v) is 4.23. The number of carbonyl (C=O) groups excluding carboxylic acids is 1. The van der Waals surface area contributed by atoms with Crippen LogP contribution in [0.3, 0.4) is 0 Å². The molecule has 128 valence electrons. The zero-order chi connectivity index (χ0) is 18.1. The number of aryl methyl sites for hydroxylation is 1. The molecule has 4 aromatic rings. The molecule has 1 amide bonds. The second-order valence-corrected chi connectivity index (χ2v) is 6.17. The van der Waals surface area contributed by atoms with Crippen LogP contribution in [0.2, 0.25) is 0 Å². The molecule has 5 nitrogen and oxygen atoms in total. The van der Waals surface area contributed by atoms with Gasteiger partial charge in [-0.25, -0.2) is 0 Å². The summed E-state index contributed by atoms with van der Waals surface area (Å²) in [4.78, 5) is 19.8. The van der Waals surface area contributed by atoms with Crippen LogP contribution in [0.15, 0.2) is 60.8 Å². The van der Waals surface area contributed by atoms with Gasteiger partial charge in [-0.2, -0.15) is 0 Å². The zero-order valence-electron chi connectivity index (χ0n) is 14.2. The predicted octanol–water partition coefficient (Wildman–Crippen LogP) is 4.38. The standard InChI is InChI=1S/C21H17N3O2/c1-13-6-8-18(20(25)10-13)24-21(26)9-7-14-11-16-15-4-2-3-5-17(15)23-19(16)12-22-14/h2-12,23,25H,1H3,(H,24,26)/b9-7+. The van der Waals surface area contributed by atoms with E-state index in [0.29, 0.717) is 11.4 Å². The van der Waals surface area contributed by atoms with Crippen LogP contribution < -0.4 is 5.32 Å². The minimum absolute atomic E-state index is 0.0464. The number of aromatic nitrogens is 2. The number of nitrogens with one attached hydrogen (secondary N) is 2. The van der Waals surface area contributed by atoms with Crippen LogP contribution >= 0.6 is 0 Å². The van der Waals surface area contributed by atoms with E-state index in [0.717, 1.165) is 27.4 Å². The number of para-hydroxylation sites is 1. The van der Waals surface area contributed by atoms with Crippen LogP contribution in [-0.4, -0.2) is 21.0 Å². The molecule has 3 N–H and O–H groups in total. The fraction of sp³-hybridized carbons (Fsp3) is 0.0476. The normalized spacial score (nSPS) is 11.4. The van der Waals surface area contributed by atoms with Crippen LogP contribution in [0.5, 0.6) is 5.75 Å². The van der Waals surface area contributed by atoms with E-state index in [1.165, 1.54) is 6.08 Å². The number of phenols is 1. The van der Waals surface area contributed by atoms with Gasteiger partial charge in [-0.3, -0.25) is 9.78 Å². The number of benzene rings is 2. The summed E-state index contributed by atoms with van der Waals surface area (Å²) in [6.45, 7) is 1.87. The predicted molar refractivity (Wildman–Crippen MR) is 104 cm³/mol. The zero-order valence-corrected chi connectivity index (χ0v) is 14.2. The largest absolute Gasteiger partial charge is 0.506 e. The average Bonchev–Trinajstić information content (AvgIpc) is 3.00. The maximum Gasteiger partial charge on any atom is 0.248 e. The molecule has 2 heterocycles. The van der Waals surface area contributed by atoms with Gasteiger partial charge in [-0.15, -0.1) is 0 Å². The fourth-order valence-electron chi connectivity index (χ4n) is 2.94. The van der Waals surface area contributed by atoms with Crippen LogP contribution in [0, 0.1) is 6.92 Å². The lowest BCUT2D eigenvalue weighted by Crippen LogP contribution is -2.07. The molecule has 0 aliphatic rings. The number of aromatic hydroxyl groups is 1. The van der Waals surface area contributed by atoms with E-state index < -0.39 is 0 Å². The Hall–Kier alpha value is -3.60. The minimum Gasteiger partial charge on any atom is -0.506 e. The Balaban J connectivity index is 1.57. The van der Waals surface area contributed by atoms with E-state index in [9.17, 15) is 9.90 Å². The Morgan fingerprint density at radius 2 is 1.96 bits per heavy atom. The lowest BCUT2D eigenvalue weighted by molar-refractivity contribution is -0.111. The third kappa shape index (κ3) is 3.02. The van der Waals surface area contributed by atoms with Gasteiger partial charge in [0, 0.05) is 22.4 Å². The molecule has 0 aliphatic heterocycles. The van der Waals surface area contributed by atoms with Gasteiger partial charge in [0.15, 0.2) is 0 Å². The van der Waals surface area contributed by atoms with Gasteiger partial charge >= 0.3 is 0 Å². The van der Waals surface area contributed by atoms with Gasteiger partial charge in [0.1, 0.15) is 5.75 Å². The molecular weight excluding hydrogens is 326 g/mol. The Labute approximate surface area is 150 Å². The molecule has 0 unspecified atom stereocenters. The molecule has 0 aliphatic carbocycles. The minimum atomic E-state index is -0.329. The molecule has 0 spiro atoms. The van der Waals surface area contributed by atoms with Crippen molar-refractivity contribution in [3.63, 3.8) is 0 Å². The van der Waals surface area contributed by atoms with Crippen LogP contribution in [0.4, 0.5) is 5.69 Å². The number of hydrogen-bond acceptors (Lipinski definition) is 3. The quantitative estimate of drug-likeness (QED) is 0.381. The summed E-state index contributed by atoms with van der Waals surface area (Å²) < 4.78 is 0. The van der Waals surface area contributed by atoms with Gasteiger partial charge < -0.3 is 15.4 Å². The second-order valence-electron chi connectivity index (χ2n) is 6.17. The van der Waals surface area contributed by atoms with Crippen molar-refractivity contribution < 1.29 is 9.90 Å². The van der Waals surface area contributed by atoms with E-state index in [1.807, 2.05) is 37.3 Å². The highest BCUT2D eigenvalue weighted by atomic mass is 16.3. The van der Waals surface area contributed by atoms with Crippen molar-refractivity contribution in [3.05, 3.63) is 72.1 Å². The molecule has 26 heavy (non-hydrogen) atoms. The van der Waals surface area contributed by atoms with E-state index in [1.54, 1.807) is 24.4 Å². The maximum atomic E-state index is 12.1. The number of H-pyrrole nitrogens is 1. The van der Waals surface area contributed by atoms with Crippen LogP contribution in [0.25, 0.3) is 27.9 Å². The number of rotatable bonds is 3. The number of phenolic OH excluding ortho intramolecular Hbond substituents is 1. The van der Waals surface area contributed by atoms with Gasteiger partial charge in [0.25, 0.3) is 0 Å². The van der Waals surface area contributed by atoms with E-state index in [-0.39, 0.29) is 11.7 Å². The first-order chi connectivity index (χ1) is 12.6. The van der Waals surface area contributed by atoms with Crippen molar-refractivity contribution in [3.8, 4) is 5.75 Å². The highest BCUT2D eigenvalue weighted by Crippen LogP contribution is 2.26. The molecular formula is C21H17N3O2. The molecule has 0 saturated carbocycles. The first-order valence-electron chi connectivity index (χ1n) is 8.25. The number of amides is 1. The smallest absolute Gasteiger partial charge is 0.248 e. The van der Waals surface area contributed by atoms with Gasteiger partial charge in [0.05, 0.1) is 23.1 Å². The molecule has 5 heteroatoms. The van der Waals surface area contributed by atoms with E-state index >= 15 is 0 Å². The summed E-state index contributed by atoms with van der Waals surface area (Å²) in [5.41, 5.74) is 4.00. The van der Waals surface area contributed by atoms with Crippen molar-refractivity contribution in [2.24, 2.45) is 0 Å². The molecule has 0 radical (unpaired) electrons. The number of carbonyl (C=O) groups is 1. The molecule has 2 aromatic carbocycles. The van der Waals surface area contributed by atoms with Gasteiger partial charge in [-0.05, 0) is 42.8 Å². The Kier molecular flexibility index (Phi) is 3.89. The number of anilines is 1. The molecule has 2 aromatic heterocycles. The maximum absolute atomic E-state index is 12.1. The van der Waals surface area contributed by atoms with Crippen molar-refractivity contribution in [2.45, 2.75) is 6.92 Å². The highest BCUT2D eigenvalue weighted by Gasteiger charge is 2.06. The van der Waals surface area contributed by atoms with Gasteiger partial charge in [0.2, 0.25) is 5.91 Å². The lowest BCUT2D eigenvalue weighted by Gasteiger charge is -2.05. The van der Waals surface area contributed by atoms with Crippen molar-refractivity contribution in [1.29, 1.82) is 0 Å². The summed E-state index contributed by atoms with van der Waals surface area (Å²) in [6.07, 6.45) is 4.82. The lowest BCUT2D eigenvalue weighted by atomic mass is 10.1. The summed E-state index contributed by atoms with van der Waals surface area (Å²) in [6, 6.07) is 15.1. The highest BCUT2D eigenvalue weighted by molar-refractivity contribution is 6.08. The molecule has 4 rings (SSSR count).